The summed E-state index contributed by atoms with van der Waals surface area (Å²) in [5, 5.41) is 12.6. The van der Waals surface area contributed by atoms with Crippen LogP contribution < -0.4 is 0 Å². The Balaban J connectivity index is 1.52. The van der Waals surface area contributed by atoms with Crippen LogP contribution in [0.4, 0.5) is 0 Å². The minimum Gasteiger partial charge on any atom is -0.444 e. The second kappa shape index (κ2) is 6.08. The molecule has 2 aromatic heterocycles. The van der Waals surface area contributed by atoms with Crippen LogP contribution in [0.25, 0.3) is 22.8 Å². The van der Waals surface area contributed by atoms with E-state index in [9.17, 15) is 0 Å². The first-order chi connectivity index (χ1) is 11.8. The zero-order chi connectivity index (χ0) is 16.4. The highest BCUT2D eigenvalue weighted by molar-refractivity contribution is 5.54. The number of aryl methyl sites for hydroxylation is 1. The van der Waals surface area contributed by atoms with Crippen LogP contribution >= 0.6 is 0 Å². The van der Waals surface area contributed by atoms with Crippen molar-refractivity contribution in [3.8, 4) is 22.8 Å². The van der Waals surface area contributed by atoms with E-state index in [1.54, 1.807) is 6.26 Å². The van der Waals surface area contributed by atoms with Crippen molar-refractivity contribution in [2.75, 3.05) is 0 Å². The molecule has 0 aliphatic rings. The first kappa shape index (κ1) is 14.3. The lowest BCUT2D eigenvalue weighted by molar-refractivity contribution is 0.550. The van der Waals surface area contributed by atoms with E-state index >= 15 is 0 Å². The number of hydrogen-bond acceptors (Lipinski definition) is 5. The third-order valence-corrected chi connectivity index (χ3v) is 3.64. The Kier molecular flexibility index (Phi) is 3.63. The fourth-order valence-corrected chi connectivity index (χ4v) is 2.37. The van der Waals surface area contributed by atoms with Gasteiger partial charge in [-0.2, -0.15) is 4.80 Å². The molecule has 0 saturated carbocycles. The molecule has 0 bridgehead atoms. The van der Waals surface area contributed by atoms with Gasteiger partial charge in [0, 0.05) is 11.1 Å². The van der Waals surface area contributed by atoms with Crippen LogP contribution in [0.3, 0.4) is 0 Å². The number of aromatic nitrogens is 5. The second-order valence-electron chi connectivity index (χ2n) is 5.52. The molecule has 4 aromatic rings. The van der Waals surface area contributed by atoms with Crippen molar-refractivity contribution in [3.63, 3.8) is 0 Å². The van der Waals surface area contributed by atoms with Crippen molar-refractivity contribution in [2.24, 2.45) is 0 Å². The molecule has 4 rings (SSSR count). The van der Waals surface area contributed by atoms with E-state index in [2.05, 4.69) is 20.4 Å². The molecule has 0 radical (unpaired) electrons. The second-order valence-corrected chi connectivity index (χ2v) is 5.52. The van der Waals surface area contributed by atoms with Gasteiger partial charge in [-0.15, -0.1) is 10.2 Å². The maximum absolute atomic E-state index is 5.53. The van der Waals surface area contributed by atoms with E-state index in [4.69, 9.17) is 4.42 Å². The fourth-order valence-electron chi connectivity index (χ4n) is 2.37. The van der Waals surface area contributed by atoms with Crippen molar-refractivity contribution >= 4 is 0 Å². The van der Waals surface area contributed by atoms with Gasteiger partial charge in [-0.3, -0.25) is 0 Å². The van der Waals surface area contributed by atoms with Crippen molar-refractivity contribution in [3.05, 3.63) is 72.1 Å². The van der Waals surface area contributed by atoms with Gasteiger partial charge < -0.3 is 4.42 Å². The maximum atomic E-state index is 5.53. The van der Waals surface area contributed by atoms with Crippen LogP contribution in [0.1, 0.15) is 11.3 Å². The summed E-state index contributed by atoms with van der Waals surface area (Å²) in [6.45, 7) is 2.46. The van der Waals surface area contributed by atoms with Crippen LogP contribution in [-0.2, 0) is 6.54 Å². The molecule has 2 heterocycles. The number of oxazole rings is 1. The van der Waals surface area contributed by atoms with Gasteiger partial charge in [-0.05, 0) is 24.3 Å². The highest BCUT2D eigenvalue weighted by atomic mass is 16.3. The third kappa shape index (κ3) is 2.94. The van der Waals surface area contributed by atoms with Crippen molar-refractivity contribution < 1.29 is 4.42 Å². The number of nitrogens with zero attached hydrogens (tertiary/aromatic N) is 5. The number of hydrogen-bond donors (Lipinski definition) is 0. The third-order valence-electron chi connectivity index (χ3n) is 3.64. The Bertz CT molecular complexity index is 941. The molecule has 0 atom stereocenters. The highest BCUT2D eigenvalue weighted by Crippen LogP contribution is 2.18. The molecule has 0 N–H and O–H groups in total. The van der Waals surface area contributed by atoms with E-state index in [1.165, 1.54) is 10.4 Å². The zero-order valence-electron chi connectivity index (χ0n) is 13.1. The van der Waals surface area contributed by atoms with Crippen LogP contribution in [0.2, 0.25) is 0 Å². The first-order valence-corrected chi connectivity index (χ1v) is 7.62. The molecule has 0 fully saturated rings. The van der Waals surface area contributed by atoms with Crippen LogP contribution in [0.5, 0.6) is 0 Å². The lowest BCUT2D eigenvalue weighted by Gasteiger charge is -1.95. The normalized spacial score (nSPS) is 10.9. The lowest BCUT2D eigenvalue weighted by atomic mass is 10.1. The molecule has 0 saturated heterocycles. The van der Waals surface area contributed by atoms with Gasteiger partial charge in [0.1, 0.15) is 18.5 Å². The summed E-state index contributed by atoms with van der Waals surface area (Å²) in [5.41, 5.74) is 3.83. The zero-order valence-corrected chi connectivity index (χ0v) is 13.1. The number of benzene rings is 2. The summed E-state index contributed by atoms with van der Waals surface area (Å²) in [6.07, 6.45) is 1.62. The smallest absolute Gasteiger partial charge is 0.226 e. The van der Waals surface area contributed by atoms with Gasteiger partial charge in [-0.1, -0.05) is 48.0 Å². The van der Waals surface area contributed by atoms with Gasteiger partial charge in [-0.25, -0.2) is 4.98 Å². The highest BCUT2D eigenvalue weighted by Gasteiger charge is 2.10. The molecule has 24 heavy (non-hydrogen) atoms. The molecule has 118 valence electrons. The standard InChI is InChI=1S/C18H15N5O/c1-13-7-9-14(10-8-13)17-20-22-23(21-17)11-16-12-24-18(19-16)15-5-3-2-4-6-15/h2-10,12H,11H2,1H3. The van der Waals surface area contributed by atoms with E-state index in [0.29, 0.717) is 18.3 Å². The largest absolute Gasteiger partial charge is 0.444 e. The summed E-state index contributed by atoms with van der Waals surface area (Å²) in [6, 6.07) is 17.8. The van der Waals surface area contributed by atoms with Gasteiger partial charge >= 0.3 is 0 Å². The van der Waals surface area contributed by atoms with Gasteiger partial charge in [0.2, 0.25) is 11.7 Å². The van der Waals surface area contributed by atoms with Crippen LogP contribution in [-0.4, -0.2) is 25.2 Å². The SMILES string of the molecule is Cc1ccc(-c2nnn(Cc3coc(-c4ccccc4)n3)n2)cc1. The predicted molar refractivity (Wildman–Crippen MR) is 89.0 cm³/mol. The quantitative estimate of drug-likeness (QED) is 0.577. The van der Waals surface area contributed by atoms with Crippen LogP contribution in [0.15, 0.2) is 65.3 Å². The molecular weight excluding hydrogens is 302 g/mol. The Morgan fingerprint density at radius 1 is 0.958 bits per heavy atom. The topological polar surface area (TPSA) is 69.6 Å². The van der Waals surface area contributed by atoms with Crippen LogP contribution in [0, 0.1) is 6.92 Å². The average Bonchev–Trinajstić information content (AvgIpc) is 3.27. The van der Waals surface area contributed by atoms with E-state index in [1.807, 2.05) is 61.5 Å². The van der Waals surface area contributed by atoms with E-state index < -0.39 is 0 Å². The summed E-state index contributed by atoms with van der Waals surface area (Å²) in [4.78, 5) is 5.99. The molecular formula is C18H15N5O. The summed E-state index contributed by atoms with van der Waals surface area (Å²) < 4.78 is 5.53. The average molecular weight is 317 g/mol. The van der Waals surface area contributed by atoms with Gasteiger partial charge in [0.05, 0.1) is 0 Å². The van der Waals surface area contributed by atoms with E-state index in [0.717, 1.165) is 16.8 Å². The Labute approximate surface area is 138 Å². The van der Waals surface area contributed by atoms with Crippen molar-refractivity contribution in [1.29, 1.82) is 0 Å². The van der Waals surface area contributed by atoms with E-state index in [-0.39, 0.29) is 0 Å². The molecule has 0 spiro atoms. The lowest BCUT2D eigenvalue weighted by Crippen LogP contribution is -2.04. The van der Waals surface area contributed by atoms with Gasteiger partial charge in [0.15, 0.2) is 0 Å². The molecule has 6 nitrogen and oxygen atoms in total. The molecule has 0 unspecified atom stereocenters. The fraction of sp³-hybridized carbons (Fsp3) is 0.111. The molecule has 6 heteroatoms. The summed E-state index contributed by atoms with van der Waals surface area (Å²) >= 11 is 0. The number of rotatable bonds is 4. The Morgan fingerprint density at radius 2 is 1.75 bits per heavy atom. The maximum Gasteiger partial charge on any atom is 0.226 e. The van der Waals surface area contributed by atoms with Gasteiger partial charge in [0.25, 0.3) is 0 Å². The molecule has 0 aliphatic carbocycles. The Morgan fingerprint density at radius 3 is 2.54 bits per heavy atom. The summed E-state index contributed by atoms with van der Waals surface area (Å²) in [5.74, 6) is 1.19. The summed E-state index contributed by atoms with van der Waals surface area (Å²) in [7, 11) is 0. The van der Waals surface area contributed by atoms with Crippen molar-refractivity contribution in [1.82, 2.24) is 25.2 Å². The molecule has 0 amide bonds. The first-order valence-electron chi connectivity index (χ1n) is 7.62. The Hall–Kier alpha value is -3.28. The molecule has 0 aliphatic heterocycles. The number of tetrazole rings is 1. The van der Waals surface area contributed by atoms with Crippen molar-refractivity contribution in [2.45, 2.75) is 13.5 Å². The monoisotopic (exact) mass is 317 g/mol. The minimum absolute atomic E-state index is 0.412. The minimum atomic E-state index is 0.412. The molecule has 2 aromatic carbocycles. The predicted octanol–water partition coefficient (Wildman–Crippen LogP) is 3.35.